The van der Waals surface area contributed by atoms with E-state index in [1.54, 1.807) is 0 Å². The first-order valence-electron chi connectivity index (χ1n) is 9.34. The van der Waals surface area contributed by atoms with Gasteiger partial charge in [-0.05, 0) is 38.1 Å². The highest BCUT2D eigenvalue weighted by atomic mass is 16.1. The maximum atomic E-state index is 12.2. The van der Waals surface area contributed by atoms with Gasteiger partial charge in [-0.1, -0.05) is 19.1 Å². The molecule has 7 nitrogen and oxygen atoms in total. The SMILES string of the molecule is CCc1nc(C2CCN(CCc3nc4ccccc4c(=O)[nH]3)CC2)n[nH]1. The van der Waals surface area contributed by atoms with Crippen molar-refractivity contribution in [1.82, 2.24) is 30.0 Å². The highest BCUT2D eigenvalue weighted by Gasteiger charge is 2.23. The average molecular weight is 352 g/mol. The molecule has 0 radical (unpaired) electrons. The van der Waals surface area contributed by atoms with E-state index < -0.39 is 0 Å². The standard InChI is InChI=1S/C19H24N6O/c1-2-16-21-18(24-23-16)13-7-10-25(11-8-13)12-9-17-20-15-6-4-3-5-14(15)19(26)22-17/h3-6,13H,2,7-12H2,1H3,(H,20,22,26)(H,21,23,24). The van der Waals surface area contributed by atoms with E-state index in [4.69, 9.17) is 0 Å². The Morgan fingerprint density at radius 2 is 1.96 bits per heavy atom. The summed E-state index contributed by atoms with van der Waals surface area (Å²) in [6.07, 6.45) is 3.79. The minimum absolute atomic E-state index is 0.0550. The Labute approximate surface area is 151 Å². The molecule has 2 aromatic heterocycles. The van der Waals surface area contributed by atoms with Gasteiger partial charge in [0, 0.05) is 25.3 Å². The van der Waals surface area contributed by atoms with E-state index in [0.29, 0.717) is 11.3 Å². The molecule has 3 aromatic rings. The smallest absolute Gasteiger partial charge is 0.258 e. The van der Waals surface area contributed by atoms with Crippen LogP contribution in [0.5, 0.6) is 0 Å². The number of aromatic nitrogens is 5. The van der Waals surface area contributed by atoms with Gasteiger partial charge in [0.1, 0.15) is 11.6 Å². The van der Waals surface area contributed by atoms with Crippen LogP contribution in [0.1, 0.15) is 43.2 Å². The number of rotatable bonds is 5. The van der Waals surface area contributed by atoms with Crippen LogP contribution >= 0.6 is 0 Å². The molecule has 4 rings (SSSR count). The molecule has 0 aliphatic carbocycles. The van der Waals surface area contributed by atoms with Crippen LogP contribution in [-0.4, -0.2) is 49.7 Å². The van der Waals surface area contributed by atoms with E-state index in [2.05, 4.69) is 37.0 Å². The predicted molar refractivity (Wildman–Crippen MR) is 100 cm³/mol. The average Bonchev–Trinajstić information content (AvgIpc) is 3.16. The fourth-order valence-electron chi connectivity index (χ4n) is 3.58. The number of likely N-dealkylation sites (tertiary alicyclic amines) is 1. The molecule has 0 unspecified atom stereocenters. The lowest BCUT2D eigenvalue weighted by Gasteiger charge is -2.30. The molecule has 2 N–H and O–H groups in total. The first-order chi connectivity index (χ1) is 12.7. The van der Waals surface area contributed by atoms with Crippen LogP contribution in [0.15, 0.2) is 29.1 Å². The van der Waals surface area contributed by atoms with Crippen molar-refractivity contribution in [1.29, 1.82) is 0 Å². The number of para-hydroxylation sites is 1. The number of aryl methyl sites for hydroxylation is 1. The quantitative estimate of drug-likeness (QED) is 0.733. The van der Waals surface area contributed by atoms with Crippen molar-refractivity contribution in [2.45, 2.75) is 38.5 Å². The molecule has 1 aliphatic rings. The zero-order chi connectivity index (χ0) is 17.9. The molecule has 1 aliphatic heterocycles. The van der Waals surface area contributed by atoms with Gasteiger partial charge < -0.3 is 9.88 Å². The number of piperidine rings is 1. The number of benzene rings is 1. The zero-order valence-electron chi connectivity index (χ0n) is 15.0. The van der Waals surface area contributed by atoms with E-state index >= 15 is 0 Å². The molecule has 1 fully saturated rings. The Morgan fingerprint density at radius 3 is 2.73 bits per heavy atom. The third kappa shape index (κ3) is 3.53. The molecule has 136 valence electrons. The second-order valence-corrected chi connectivity index (χ2v) is 6.89. The fraction of sp³-hybridized carbons (Fsp3) is 0.474. The van der Waals surface area contributed by atoms with Crippen LogP contribution in [0.4, 0.5) is 0 Å². The molecule has 0 saturated carbocycles. The van der Waals surface area contributed by atoms with Crippen molar-refractivity contribution in [2.24, 2.45) is 0 Å². The number of nitrogens with one attached hydrogen (secondary N) is 2. The Bertz CT molecular complexity index is 938. The summed E-state index contributed by atoms with van der Waals surface area (Å²) in [6, 6.07) is 7.47. The summed E-state index contributed by atoms with van der Waals surface area (Å²) in [7, 11) is 0. The fourth-order valence-corrected chi connectivity index (χ4v) is 3.58. The van der Waals surface area contributed by atoms with Gasteiger partial charge in [-0.2, -0.15) is 5.10 Å². The number of H-pyrrole nitrogens is 2. The van der Waals surface area contributed by atoms with Gasteiger partial charge in [0.15, 0.2) is 5.82 Å². The van der Waals surface area contributed by atoms with Gasteiger partial charge in [-0.15, -0.1) is 0 Å². The Kier molecular flexibility index (Phi) is 4.79. The molecule has 0 atom stereocenters. The van der Waals surface area contributed by atoms with E-state index in [0.717, 1.165) is 68.3 Å². The second kappa shape index (κ2) is 7.37. The largest absolute Gasteiger partial charge is 0.310 e. The monoisotopic (exact) mass is 352 g/mol. The molecule has 7 heteroatoms. The lowest BCUT2D eigenvalue weighted by Crippen LogP contribution is -2.35. The molecule has 0 bridgehead atoms. The summed E-state index contributed by atoms with van der Waals surface area (Å²) < 4.78 is 0. The maximum absolute atomic E-state index is 12.2. The molecular formula is C19H24N6O. The van der Waals surface area contributed by atoms with Crippen molar-refractivity contribution in [3.05, 3.63) is 52.1 Å². The minimum atomic E-state index is -0.0550. The second-order valence-electron chi connectivity index (χ2n) is 6.89. The summed E-state index contributed by atoms with van der Waals surface area (Å²) in [5.74, 6) is 3.13. The Hall–Kier alpha value is -2.54. The summed E-state index contributed by atoms with van der Waals surface area (Å²) in [5, 5.41) is 8.03. The molecule has 0 amide bonds. The third-order valence-corrected chi connectivity index (χ3v) is 5.16. The molecule has 26 heavy (non-hydrogen) atoms. The van der Waals surface area contributed by atoms with Crippen molar-refractivity contribution in [2.75, 3.05) is 19.6 Å². The third-order valence-electron chi connectivity index (χ3n) is 5.16. The van der Waals surface area contributed by atoms with E-state index in [-0.39, 0.29) is 5.56 Å². The van der Waals surface area contributed by atoms with Gasteiger partial charge in [0.2, 0.25) is 0 Å². The summed E-state index contributed by atoms with van der Waals surface area (Å²) in [5.41, 5.74) is 0.710. The van der Waals surface area contributed by atoms with Crippen LogP contribution in [0, 0.1) is 0 Å². The maximum Gasteiger partial charge on any atom is 0.258 e. The number of hydrogen-bond acceptors (Lipinski definition) is 5. The lowest BCUT2D eigenvalue weighted by atomic mass is 9.96. The van der Waals surface area contributed by atoms with Crippen LogP contribution in [0.2, 0.25) is 0 Å². The lowest BCUT2D eigenvalue weighted by molar-refractivity contribution is 0.210. The van der Waals surface area contributed by atoms with Crippen molar-refractivity contribution in [3.63, 3.8) is 0 Å². The number of aromatic amines is 2. The number of nitrogens with zero attached hydrogens (tertiary/aromatic N) is 4. The molecular weight excluding hydrogens is 328 g/mol. The first-order valence-corrected chi connectivity index (χ1v) is 9.34. The predicted octanol–water partition coefficient (Wildman–Crippen LogP) is 2.03. The van der Waals surface area contributed by atoms with E-state index in [1.807, 2.05) is 24.3 Å². The Morgan fingerprint density at radius 1 is 1.15 bits per heavy atom. The minimum Gasteiger partial charge on any atom is -0.310 e. The van der Waals surface area contributed by atoms with Gasteiger partial charge in [-0.25, -0.2) is 9.97 Å². The van der Waals surface area contributed by atoms with Crippen molar-refractivity contribution < 1.29 is 0 Å². The van der Waals surface area contributed by atoms with Gasteiger partial charge in [-0.3, -0.25) is 9.89 Å². The number of fused-ring (bicyclic) bond motifs is 1. The van der Waals surface area contributed by atoms with Crippen molar-refractivity contribution in [3.8, 4) is 0 Å². The van der Waals surface area contributed by atoms with E-state index in [1.165, 1.54) is 0 Å². The first kappa shape index (κ1) is 16.9. The van der Waals surface area contributed by atoms with Crippen LogP contribution in [0.25, 0.3) is 10.9 Å². The highest BCUT2D eigenvalue weighted by molar-refractivity contribution is 5.77. The van der Waals surface area contributed by atoms with Crippen molar-refractivity contribution >= 4 is 10.9 Å². The molecule has 1 aromatic carbocycles. The molecule has 3 heterocycles. The van der Waals surface area contributed by atoms with Gasteiger partial charge in [0.25, 0.3) is 5.56 Å². The highest BCUT2D eigenvalue weighted by Crippen LogP contribution is 2.25. The van der Waals surface area contributed by atoms with Crippen LogP contribution < -0.4 is 5.56 Å². The zero-order valence-corrected chi connectivity index (χ0v) is 15.0. The topological polar surface area (TPSA) is 90.6 Å². The molecule has 0 spiro atoms. The number of hydrogen-bond donors (Lipinski definition) is 2. The van der Waals surface area contributed by atoms with Crippen LogP contribution in [-0.2, 0) is 12.8 Å². The van der Waals surface area contributed by atoms with Crippen LogP contribution in [0.3, 0.4) is 0 Å². The summed E-state index contributed by atoms with van der Waals surface area (Å²) >= 11 is 0. The van der Waals surface area contributed by atoms with E-state index in [9.17, 15) is 4.79 Å². The Balaban J connectivity index is 1.34. The molecule has 1 saturated heterocycles. The summed E-state index contributed by atoms with van der Waals surface area (Å²) in [6.45, 7) is 5.04. The summed E-state index contributed by atoms with van der Waals surface area (Å²) in [4.78, 5) is 26.7. The normalized spacial score (nSPS) is 16.3. The van der Waals surface area contributed by atoms with Gasteiger partial charge >= 0.3 is 0 Å². The van der Waals surface area contributed by atoms with Gasteiger partial charge in [0.05, 0.1) is 10.9 Å².